The molecule has 0 bridgehead atoms. The lowest BCUT2D eigenvalue weighted by Crippen LogP contribution is -2.34. The second kappa shape index (κ2) is 6.31. The van der Waals surface area contributed by atoms with Crippen LogP contribution in [0.25, 0.3) is 0 Å². The van der Waals surface area contributed by atoms with E-state index >= 15 is 0 Å². The Hall–Kier alpha value is -1.68. The van der Waals surface area contributed by atoms with E-state index in [1.54, 1.807) is 6.20 Å². The zero-order chi connectivity index (χ0) is 13.7. The number of hydrogen-bond acceptors (Lipinski definition) is 4. The number of hydrogen-bond donors (Lipinski definition) is 2. The highest BCUT2D eigenvalue weighted by molar-refractivity contribution is 5.44. The zero-order valence-electron chi connectivity index (χ0n) is 11.7. The molecule has 0 spiro atoms. The van der Waals surface area contributed by atoms with Gasteiger partial charge in [-0.05, 0) is 30.3 Å². The normalized spacial score (nSPS) is 22.1. The van der Waals surface area contributed by atoms with Gasteiger partial charge < -0.3 is 21.3 Å². The number of allylic oxidation sites excluding steroid dienone is 2. The number of nitrogens with two attached hydrogens (primary N) is 2. The molecule has 0 saturated heterocycles. The summed E-state index contributed by atoms with van der Waals surface area (Å²) in [5.74, 6) is 0. The van der Waals surface area contributed by atoms with E-state index in [0.29, 0.717) is 12.7 Å². The van der Waals surface area contributed by atoms with E-state index in [4.69, 9.17) is 11.5 Å². The Morgan fingerprint density at radius 1 is 1.39 bits per heavy atom. The van der Waals surface area contributed by atoms with Crippen LogP contribution in [-0.2, 0) is 0 Å². The Morgan fingerprint density at radius 3 is 2.61 bits per heavy atom. The van der Waals surface area contributed by atoms with Gasteiger partial charge >= 0.3 is 0 Å². The standard InChI is InChI=1S/C12H18N4.C2H6/c1-9-7-15(2)12-4-3-10(8-16(9)12)11(5-13)6-14;1-2/h3-5,7-8,12H,6,13-14H2,1-2H3;1-2H3/b11-5+;. The highest BCUT2D eigenvalue weighted by Crippen LogP contribution is 2.28. The van der Waals surface area contributed by atoms with Gasteiger partial charge in [0.2, 0.25) is 0 Å². The smallest absolute Gasteiger partial charge is 0.124 e. The van der Waals surface area contributed by atoms with Gasteiger partial charge in [0.15, 0.2) is 0 Å². The van der Waals surface area contributed by atoms with Gasteiger partial charge in [-0.15, -0.1) is 0 Å². The first-order valence-electron chi connectivity index (χ1n) is 6.37. The minimum absolute atomic E-state index is 0.292. The van der Waals surface area contributed by atoms with Crippen LogP contribution in [0, 0.1) is 0 Å². The first kappa shape index (κ1) is 14.4. The van der Waals surface area contributed by atoms with Crippen LogP contribution in [0.5, 0.6) is 0 Å². The van der Waals surface area contributed by atoms with E-state index < -0.39 is 0 Å². The van der Waals surface area contributed by atoms with Crippen LogP contribution in [0.2, 0.25) is 0 Å². The third kappa shape index (κ3) is 2.59. The van der Waals surface area contributed by atoms with E-state index in [9.17, 15) is 0 Å². The lowest BCUT2D eigenvalue weighted by molar-refractivity contribution is 0.266. The summed E-state index contributed by atoms with van der Waals surface area (Å²) < 4.78 is 0. The molecule has 18 heavy (non-hydrogen) atoms. The second-order valence-corrected chi connectivity index (χ2v) is 4.10. The van der Waals surface area contributed by atoms with Crippen molar-refractivity contribution in [2.24, 2.45) is 11.5 Å². The summed E-state index contributed by atoms with van der Waals surface area (Å²) in [7, 11) is 2.07. The van der Waals surface area contributed by atoms with Crippen molar-refractivity contribution < 1.29 is 0 Å². The maximum absolute atomic E-state index is 5.65. The summed E-state index contributed by atoms with van der Waals surface area (Å²) in [6.45, 7) is 6.56. The molecular formula is C14H24N4. The molecule has 4 N–H and O–H groups in total. The molecule has 0 fully saturated rings. The van der Waals surface area contributed by atoms with E-state index in [-0.39, 0.29) is 0 Å². The summed E-state index contributed by atoms with van der Waals surface area (Å²) in [6, 6.07) is 0. The average molecular weight is 248 g/mol. The largest absolute Gasteiger partial charge is 0.404 e. The summed E-state index contributed by atoms with van der Waals surface area (Å²) in [4.78, 5) is 4.39. The van der Waals surface area contributed by atoms with Crippen molar-refractivity contribution in [1.82, 2.24) is 9.80 Å². The van der Waals surface area contributed by atoms with Crippen molar-refractivity contribution in [3.63, 3.8) is 0 Å². The van der Waals surface area contributed by atoms with Gasteiger partial charge in [-0.1, -0.05) is 19.9 Å². The molecule has 2 aliphatic rings. The minimum Gasteiger partial charge on any atom is -0.404 e. The molecule has 4 heteroatoms. The predicted octanol–water partition coefficient (Wildman–Crippen LogP) is 1.70. The van der Waals surface area contributed by atoms with Crippen LogP contribution >= 0.6 is 0 Å². The lowest BCUT2D eigenvalue weighted by Gasteiger charge is -2.30. The fraction of sp³-hybridized carbons (Fsp3) is 0.429. The van der Waals surface area contributed by atoms with Gasteiger partial charge in [0.1, 0.15) is 6.17 Å². The van der Waals surface area contributed by atoms with Crippen molar-refractivity contribution in [2.45, 2.75) is 26.9 Å². The average Bonchev–Trinajstić information content (AvgIpc) is 2.69. The summed E-state index contributed by atoms with van der Waals surface area (Å²) >= 11 is 0. The number of nitrogens with zero attached hydrogens (tertiary/aromatic N) is 2. The number of likely N-dealkylation sites (N-methyl/N-ethyl adjacent to an activating group) is 1. The summed E-state index contributed by atoms with van der Waals surface area (Å²) in [5, 5.41) is 0. The van der Waals surface area contributed by atoms with Crippen molar-refractivity contribution in [3.8, 4) is 0 Å². The molecule has 2 rings (SSSR count). The molecule has 1 unspecified atom stereocenters. The van der Waals surface area contributed by atoms with E-state index in [1.807, 2.05) is 13.8 Å². The van der Waals surface area contributed by atoms with Crippen LogP contribution in [0.3, 0.4) is 0 Å². The molecule has 0 aromatic carbocycles. The summed E-state index contributed by atoms with van der Waals surface area (Å²) in [5.41, 5.74) is 14.5. The van der Waals surface area contributed by atoms with E-state index in [2.05, 4.69) is 48.3 Å². The highest BCUT2D eigenvalue weighted by atomic mass is 15.4. The van der Waals surface area contributed by atoms with Crippen LogP contribution in [0.15, 0.2) is 47.6 Å². The van der Waals surface area contributed by atoms with Crippen LogP contribution in [0.1, 0.15) is 20.8 Å². The fourth-order valence-corrected chi connectivity index (χ4v) is 2.10. The first-order valence-corrected chi connectivity index (χ1v) is 6.37. The molecular weight excluding hydrogens is 224 g/mol. The van der Waals surface area contributed by atoms with E-state index in [0.717, 1.165) is 11.1 Å². The molecule has 2 aliphatic heterocycles. The van der Waals surface area contributed by atoms with Crippen LogP contribution < -0.4 is 11.5 Å². The SMILES string of the molecule is CC.CC1=CN(C)C2C=CC(/C(=C/N)CN)=CN12. The minimum atomic E-state index is 0.292. The third-order valence-electron chi connectivity index (χ3n) is 3.02. The van der Waals surface area contributed by atoms with Gasteiger partial charge in [-0.3, -0.25) is 0 Å². The third-order valence-corrected chi connectivity index (χ3v) is 3.02. The van der Waals surface area contributed by atoms with Gasteiger partial charge in [-0.2, -0.15) is 0 Å². The molecule has 100 valence electrons. The molecule has 0 aromatic rings. The van der Waals surface area contributed by atoms with Crippen molar-refractivity contribution in [1.29, 1.82) is 0 Å². The second-order valence-electron chi connectivity index (χ2n) is 4.10. The van der Waals surface area contributed by atoms with Crippen LogP contribution in [0.4, 0.5) is 0 Å². The first-order chi connectivity index (χ1) is 8.67. The molecule has 0 aliphatic carbocycles. The van der Waals surface area contributed by atoms with Crippen molar-refractivity contribution >= 4 is 0 Å². The van der Waals surface area contributed by atoms with Crippen molar-refractivity contribution in [3.05, 3.63) is 47.6 Å². The fourth-order valence-electron chi connectivity index (χ4n) is 2.10. The quantitative estimate of drug-likeness (QED) is 0.781. The van der Waals surface area contributed by atoms with Crippen LogP contribution in [-0.4, -0.2) is 29.6 Å². The lowest BCUT2D eigenvalue weighted by atomic mass is 10.0. The highest BCUT2D eigenvalue weighted by Gasteiger charge is 2.26. The number of fused-ring (bicyclic) bond motifs is 1. The van der Waals surface area contributed by atoms with Gasteiger partial charge in [0.25, 0.3) is 0 Å². The molecule has 4 nitrogen and oxygen atoms in total. The Kier molecular flexibility index (Phi) is 5.04. The molecule has 1 atom stereocenters. The van der Waals surface area contributed by atoms with Crippen molar-refractivity contribution in [2.75, 3.05) is 13.6 Å². The van der Waals surface area contributed by atoms with Gasteiger partial charge in [0.05, 0.1) is 0 Å². The number of rotatable bonds is 2. The predicted molar refractivity (Wildman–Crippen MR) is 77.0 cm³/mol. The maximum Gasteiger partial charge on any atom is 0.124 e. The Bertz CT molecular complexity index is 404. The molecule has 2 heterocycles. The van der Waals surface area contributed by atoms with Gasteiger partial charge in [0, 0.05) is 31.7 Å². The maximum atomic E-state index is 5.65. The topological polar surface area (TPSA) is 58.5 Å². The summed E-state index contributed by atoms with van der Waals surface area (Å²) in [6.07, 6.45) is 10.3. The molecule has 0 radical (unpaired) electrons. The van der Waals surface area contributed by atoms with E-state index in [1.165, 1.54) is 5.70 Å². The zero-order valence-corrected chi connectivity index (χ0v) is 11.7. The molecule has 0 saturated carbocycles. The Balaban J connectivity index is 0.000000771. The molecule has 0 amide bonds. The monoisotopic (exact) mass is 248 g/mol. The molecule has 0 aromatic heterocycles. The Labute approximate surface area is 110 Å². The Morgan fingerprint density at radius 2 is 2.06 bits per heavy atom. The van der Waals surface area contributed by atoms with Gasteiger partial charge in [-0.25, -0.2) is 0 Å².